The highest BCUT2D eigenvalue weighted by molar-refractivity contribution is 7.48. The average molecular weight is 535 g/mol. The number of carbonyl (C=O) groups excluding carboxylic acids is 1. The lowest BCUT2D eigenvalue weighted by atomic mass is 9.67. The Labute approximate surface area is 219 Å². The number of allylic oxidation sites excluding steroid dienone is 4. The summed E-state index contributed by atoms with van der Waals surface area (Å²) in [6, 6.07) is 10.0. The second-order valence-corrected chi connectivity index (χ2v) is 11.4. The minimum Gasteiger partial charge on any atom is -0.409 e. The highest BCUT2D eigenvalue weighted by Crippen LogP contribution is 2.54. The van der Waals surface area contributed by atoms with Crippen molar-refractivity contribution < 1.29 is 37.1 Å². The van der Waals surface area contributed by atoms with Gasteiger partial charge in [0, 0.05) is 25.2 Å². The molecule has 0 bridgehead atoms. The fraction of sp³-hybridized carbons (Fsp3) is 0.607. The van der Waals surface area contributed by atoms with Crippen molar-refractivity contribution in [3.05, 3.63) is 59.9 Å². The van der Waals surface area contributed by atoms with Gasteiger partial charge >= 0.3 is 7.82 Å². The quantitative estimate of drug-likeness (QED) is 0.286. The highest BCUT2D eigenvalue weighted by Gasteiger charge is 2.47. The van der Waals surface area contributed by atoms with E-state index in [-0.39, 0.29) is 42.9 Å². The van der Waals surface area contributed by atoms with E-state index in [1.54, 1.807) is 19.9 Å². The first kappa shape index (κ1) is 28.2. The molecule has 204 valence electrons. The van der Waals surface area contributed by atoms with Gasteiger partial charge in [0.2, 0.25) is 0 Å². The van der Waals surface area contributed by atoms with Crippen LogP contribution in [0.1, 0.15) is 52.0 Å². The molecule has 3 aliphatic rings. The highest BCUT2D eigenvalue weighted by atomic mass is 31.2. The number of hydrogen-bond donors (Lipinski definition) is 0. The summed E-state index contributed by atoms with van der Waals surface area (Å²) in [6.45, 7) is 7.37. The number of fused-ring (bicyclic) bond motifs is 1. The molecular weight excluding hydrogens is 495 g/mol. The predicted octanol–water partition coefficient (Wildman–Crippen LogP) is 5.98. The van der Waals surface area contributed by atoms with Crippen LogP contribution in [0.4, 0.5) is 0 Å². The summed E-state index contributed by atoms with van der Waals surface area (Å²) >= 11 is 0. The van der Waals surface area contributed by atoms with Crippen molar-refractivity contribution in [1.29, 1.82) is 0 Å². The molecule has 1 fully saturated rings. The van der Waals surface area contributed by atoms with Crippen LogP contribution in [0.2, 0.25) is 0 Å². The van der Waals surface area contributed by atoms with E-state index < -0.39 is 13.6 Å². The Hall–Kier alpha value is -1.80. The number of rotatable bonds is 13. The van der Waals surface area contributed by atoms with Gasteiger partial charge in [0.15, 0.2) is 11.6 Å². The molecule has 4 rings (SSSR count). The molecule has 9 heteroatoms. The zero-order chi connectivity index (χ0) is 26.3. The first-order chi connectivity index (χ1) is 17.9. The van der Waals surface area contributed by atoms with E-state index in [9.17, 15) is 9.36 Å². The molecule has 1 aromatic rings. The first-order valence-corrected chi connectivity index (χ1v) is 14.7. The van der Waals surface area contributed by atoms with Crippen molar-refractivity contribution in [2.75, 3.05) is 26.4 Å². The number of hydrogen-bond acceptors (Lipinski definition) is 8. The maximum Gasteiger partial charge on any atom is 0.529 e. The Morgan fingerprint density at radius 1 is 1.11 bits per heavy atom. The van der Waals surface area contributed by atoms with Gasteiger partial charge in [0.1, 0.15) is 5.76 Å². The third-order valence-corrected chi connectivity index (χ3v) is 8.63. The predicted molar refractivity (Wildman–Crippen MR) is 138 cm³/mol. The molecule has 0 amide bonds. The maximum atomic E-state index is 13.1. The van der Waals surface area contributed by atoms with E-state index in [2.05, 4.69) is 0 Å². The van der Waals surface area contributed by atoms with Crippen LogP contribution in [0.15, 0.2) is 54.3 Å². The molecular formula is C28H39O8P. The third-order valence-electron chi connectivity index (χ3n) is 7.02. The molecule has 0 radical (unpaired) electrons. The summed E-state index contributed by atoms with van der Waals surface area (Å²) in [6.07, 6.45) is 7.59. The largest absolute Gasteiger partial charge is 0.529 e. The van der Waals surface area contributed by atoms with Gasteiger partial charge in [-0.2, -0.15) is 0 Å². The lowest BCUT2D eigenvalue weighted by Crippen LogP contribution is -2.42. The van der Waals surface area contributed by atoms with Gasteiger partial charge in [-0.25, -0.2) is 4.57 Å². The molecule has 1 saturated heterocycles. The molecule has 4 unspecified atom stereocenters. The van der Waals surface area contributed by atoms with E-state index in [1.165, 1.54) is 0 Å². The van der Waals surface area contributed by atoms with Gasteiger partial charge < -0.3 is 18.7 Å². The number of carbonyl (C=O) groups is 1. The SMILES string of the molecule is CCOP(=O)(OCC)OC1=CC(CC2(CC(C)OCc3ccccc3)OCCO2)C2C(=O)C=CCC2C1. The monoisotopic (exact) mass is 534 g/mol. The fourth-order valence-electron chi connectivity index (χ4n) is 5.58. The lowest BCUT2D eigenvalue weighted by molar-refractivity contribution is -0.193. The standard InChI is InChI=1S/C28H39O8P/c1-4-34-37(30,35-5-2)36-25-16-23-12-9-13-26(29)27(23)24(17-25)19-28(32-14-15-33-28)18-21(3)31-20-22-10-7-6-8-11-22/h6-11,13,17,21,23-24,27H,4-5,12,14-16,18-20H2,1-3H3. The summed E-state index contributed by atoms with van der Waals surface area (Å²) in [5.74, 6) is -0.667. The summed E-state index contributed by atoms with van der Waals surface area (Å²) < 4.78 is 48.2. The van der Waals surface area contributed by atoms with Crippen LogP contribution in [0.5, 0.6) is 0 Å². The van der Waals surface area contributed by atoms with E-state index in [4.69, 9.17) is 27.8 Å². The van der Waals surface area contributed by atoms with E-state index >= 15 is 0 Å². The number of phosphoric ester groups is 1. The van der Waals surface area contributed by atoms with Gasteiger partial charge in [-0.05, 0) is 56.7 Å². The van der Waals surface area contributed by atoms with Crippen molar-refractivity contribution in [3.8, 4) is 0 Å². The molecule has 37 heavy (non-hydrogen) atoms. The average Bonchev–Trinajstić information content (AvgIpc) is 3.31. The summed E-state index contributed by atoms with van der Waals surface area (Å²) in [4.78, 5) is 13.0. The summed E-state index contributed by atoms with van der Waals surface area (Å²) in [7, 11) is -3.74. The van der Waals surface area contributed by atoms with Crippen LogP contribution in [0.25, 0.3) is 0 Å². The second-order valence-electron chi connectivity index (χ2n) is 9.82. The van der Waals surface area contributed by atoms with E-state index in [0.717, 1.165) is 12.0 Å². The molecule has 1 aliphatic heterocycles. The van der Waals surface area contributed by atoms with Crippen molar-refractivity contribution in [2.24, 2.45) is 17.8 Å². The Kier molecular flexibility index (Phi) is 9.79. The van der Waals surface area contributed by atoms with Crippen LogP contribution in [-0.2, 0) is 43.7 Å². The topological polar surface area (TPSA) is 89.5 Å². The summed E-state index contributed by atoms with van der Waals surface area (Å²) in [5, 5.41) is 0. The van der Waals surface area contributed by atoms with E-state index in [0.29, 0.717) is 44.8 Å². The van der Waals surface area contributed by atoms with Crippen LogP contribution in [0, 0.1) is 17.8 Å². The van der Waals surface area contributed by atoms with Gasteiger partial charge in [0.25, 0.3) is 0 Å². The minimum absolute atomic E-state index is 0.0319. The van der Waals surface area contributed by atoms with Gasteiger partial charge in [-0.15, -0.1) is 0 Å². The summed E-state index contributed by atoms with van der Waals surface area (Å²) in [5.41, 5.74) is 1.10. The minimum atomic E-state index is -3.74. The van der Waals surface area contributed by atoms with Crippen molar-refractivity contribution in [3.63, 3.8) is 0 Å². The van der Waals surface area contributed by atoms with Crippen LogP contribution >= 0.6 is 7.82 Å². The van der Waals surface area contributed by atoms with Gasteiger partial charge in [0.05, 0.1) is 39.1 Å². The van der Waals surface area contributed by atoms with Crippen molar-refractivity contribution in [1.82, 2.24) is 0 Å². The molecule has 0 N–H and O–H groups in total. The number of ether oxygens (including phenoxy) is 3. The molecule has 8 nitrogen and oxygen atoms in total. The normalized spacial score (nSPS) is 26.0. The smallest absolute Gasteiger partial charge is 0.409 e. The number of ketones is 1. The van der Waals surface area contributed by atoms with Crippen LogP contribution < -0.4 is 0 Å². The number of phosphoric acid groups is 1. The molecule has 2 aliphatic carbocycles. The Morgan fingerprint density at radius 3 is 2.49 bits per heavy atom. The Balaban J connectivity index is 1.52. The van der Waals surface area contributed by atoms with Crippen molar-refractivity contribution >= 4 is 13.6 Å². The third kappa shape index (κ3) is 7.41. The molecule has 0 saturated carbocycles. The van der Waals surface area contributed by atoms with Crippen LogP contribution in [0.3, 0.4) is 0 Å². The molecule has 0 spiro atoms. The zero-order valence-electron chi connectivity index (χ0n) is 22.0. The molecule has 1 aromatic carbocycles. The second kappa shape index (κ2) is 12.8. The fourth-order valence-corrected chi connectivity index (χ4v) is 6.81. The van der Waals surface area contributed by atoms with Gasteiger partial charge in [-0.1, -0.05) is 36.4 Å². The Morgan fingerprint density at radius 2 is 1.81 bits per heavy atom. The van der Waals surface area contributed by atoms with Crippen LogP contribution in [-0.4, -0.2) is 44.1 Å². The number of benzene rings is 1. The molecule has 1 heterocycles. The maximum absolute atomic E-state index is 13.1. The van der Waals surface area contributed by atoms with Crippen molar-refractivity contribution in [2.45, 2.75) is 65.0 Å². The molecule has 0 aromatic heterocycles. The molecule has 4 atom stereocenters. The Bertz CT molecular complexity index is 991. The zero-order valence-corrected chi connectivity index (χ0v) is 22.9. The first-order valence-electron chi connectivity index (χ1n) is 13.3. The van der Waals surface area contributed by atoms with Gasteiger partial charge in [-0.3, -0.25) is 13.8 Å². The van der Waals surface area contributed by atoms with E-state index in [1.807, 2.05) is 49.4 Å². The lowest BCUT2D eigenvalue weighted by Gasteiger charge is -2.41.